The summed E-state index contributed by atoms with van der Waals surface area (Å²) in [4.78, 5) is 4.24. The first-order valence-electron chi connectivity index (χ1n) is 5.24. The Kier molecular flexibility index (Phi) is 3.29. The van der Waals surface area contributed by atoms with Gasteiger partial charge < -0.3 is 5.11 Å². The lowest BCUT2D eigenvalue weighted by molar-refractivity contribution is -0.00329. The molecule has 4 heteroatoms. The summed E-state index contributed by atoms with van der Waals surface area (Å²) in [6.07, 6.45) is 3.96. The van der Waals surface area contributed by atoms with E-state index >= 15 is 0 Å². The number of nitrogens with zero attached hydrogens (tertiary/aromatic N) is 2. The van der Waals surface area contributed by atoms with Gasteiger partial charge in [-0.3, -0.25) is 9.29 Å². The number of hydrogen-bond donors (Lipinski definition) is 2. The minimum Gasteiger partial charge on any atom is -0.389 e. The molecule has 1 aliphatic rings. The van der Waals surface area contributed by atoms with Crippen molar-refractivity contribution < 1.29 is 5.11 Å². The average molecular weight is 224 g/mol. The fourth-order valence-electron chi connectivity index (χ4n) is 1.93. The Labute approximate surface area is 95.7 Å². The van der Waals surface area contributed by atoms with Crippen molar-refractivity contribution >= 4 is 12.8 Å². The van der Waals surface area contributed by atoms with E-state index < -0.39 is 5.60 Å². The highest BCUT2D eigenvalue weighted by molar-refractivity contribution is 7.77. The van der Waals surface area contributed by atoms with Crippen LogP contribution in [0.4, 0.5) is 0 Å². The van der Waals surface area contributed by atoms with Gasteiger partial charge in [-0.15, -0.1) is 0 Å². The summed E-state index contributed by atoms with van der Waals surface area (Å²) in [7, 11) is 0. The molecule has 1 aromatic heterocycles. The summed E-state index contributed by atoms with van der Waals surface area (Å²) in [6.45, 7) is 1.68. The molecule has 0 amide bonds. The zero-order valence-corrected chi connectivity index (χ0v) is 9.53. The molecule has 0 aromatic carbocycles. The van der Waals surface area contributed by atoms with E-state index in [-0.39, 0.29) is 0 Å². The van der Waals surface area contributed by atoms with Gasteiger partial charge in [0.15, 0.2) is 0 Å². The van der Waals surface area contributed by atoms with Crippen LogP contribution in [0.2, 0.25) is 0 Å². The summed E-state index contributed by atoms with van der Waals surface area (Å²) < 4.78 is 1.95. The minimum atomic E-state index is -0.590. The van der Waals surface area contributed by atoms with Crippen LogP contribution in [0.15, 0.2) is 24.4 Å². The number of rotatable bonds is 2. The number of piperidine rings is 1. The molecule has 1 aromatic rings. The highest BCUT2D eigenvalue weighted by atomic mass is 32.1. The third kappa shape index (κ3) is 2.93. The zero-order valence-electron chi connectivity index (χ0n) is 8.63. The highest BCUT2D eigenvalue weighted by Gasteiger charge is 2.31. The van der Waals surface area contributed by atoms with Crippen LogP contribution in [0.25, 0.3) is 0 Å². The van der Waals surface area contributed by atoms with Crippen molar-refractivity contribution in [2.75, 3.05) is 13.1 Å². The molecule has 2 rings (SSSR count). The monoisotopic (exact) mass is 224 g/mol. The van der Waals surface area contributed by atoms with Gasteiger partial charge in [0.1, 0.15) is 0 Å². The molecule has 1 aliphatic heterocycles. The summed E-state index contributed by atoms with van der Waals surface area (Å²) in [5, 5.41) is 10.3. The summed E-state index contributed by atoms with van der Waals surface area (Å²) in [6, 6.07) is 5.81. The zero-order chi connectivity index (χ0) is 10.7. The van der Waals surface area contributed by atoms with Gasteiger partial charge in [-0.25, -0.2) is 0 Å². The maximum Gasteiger partial charge on any atom is 0.0728 e. The number of hydrogen-bond acceptors (Lipinski definition) is 4. The molecule has 0 unspecified atom stereocenters. The van der Waals surface area contributed by atoms with Crippen molar-refractivity contribution in [3.05, 3.63) is 30.1 Å². The second-order valence-corrected chi connectivity index (χ2v) is 4.74. The quantitative estimate of drug-likeness (QED) is 0.743. The second-order valence-electron chi connectivity index (χ2n) is 4.18. The molecule has 0 radical (unpaired) electrons. The molecule has 2 heterocycles. The van der Waals surface area contributed by atoms with Crippen LogP contribution in [-0.2, 0) is 6.42 Å². The average Bonchev–Trinajstić information content (AvgIpc) is 2.24. The third-order valence-electron chi connectivity index (χ3n) is 2.91. The topological polar surface area (TPSA) is 36.4 Å². The van der Waals surface area contributed by atoms with Crippen LogP contribution in [0, 0.1) is 0 Å². The van der Waals surface area contributed by atoms with Crippen molar-refractivity contribution in [2.24, 2.45) is 0 Å². The lowest BCUT2D eigenvalue weighted by atomic mass is 9.88. The van der Waals surface area contributed by atoms with Crippen molar-refractivity contribution in [2.45, 2.75) is 24.9 Å². The fourth-order valence-corrected chi connectivity index (χ4v) is 2.13. The first kappa shape index (κ1) is 10.9. The molecule has 82 valence electrons. The maximum absolute atomic E-state index is 10.3. The van der Waals surface area contributed by atoms with E-state index in [1.165, 1.54) is 0 Å². The lowest BCUT2D eigenvalue weighted by Crippen LogP contribution is -2.42. The maximum atomic E-state index is 10.3. The van der Waals surface area contributed by atoms with Crippen LogP contribution < -0.4 is 0 Å². The van der Waals surface area contributed by atoms with Crippen LogP contribution in [0.3, 0.4) is 0 Å². The normalized spacial score (nSPS) is 21.5. The van der Waals surface area contributed by atoms with Gasteiger partial charge in [0.05, 0.1) is 5.60 Å². The van der Waals surface area contributed by atoms with E-state index in [1.54, 1.807) is 6.20 Å². The lowest BCUT2D eigenvalue weighted by Gasteiger charge is -2.35. The molecular weight excluding hydrogens is 208 g/mol. The van der Waals surface area contributed by atoms with Crippen molar-refractivity contribution in [1.82, 2.24) is 9.29 Å². The third-order valence-corrected chi connectivity index (χ3v) is 3.31. The molecular formula is C11H16N2OS. The Bertz CT molecular complexity index is 310. The number of thiol groups is 1. The van der Waals surface area contributed by atoms with E-state index in [2.05, 4.69) is 17.8 Å². The molecule has 3 nitrogen and oxygen atoms in total. The molecule has 15 heavy (non-hydrogen) atoms. The van der Waals surface area contributed by atoms with E-state index in [1.807, 2.05) is 22.5 Å². The Morgan fingerprint density at radius 1 is 1.40 bits per heavy atom. The minimum absolute atomic E-state index is 0.590. The van der Waals surface area contributed by atoms with Gasteiger partial charge in [0.25, 0.3) is 0 Å². The molecule has 0 atom stereocenters. The number of pyridine rings is 1. The van der Waals surface area contributed by atoms with Gasteiger partial charge in [-0.05, 0) is 25.0 Å². The Morgan fingerprint density at radius 3 is 2.73 bits per heavy atom. The van der Waals surface area contributed by atoms with Gasteiger partial charge in [0, 0.05) is 31.4 Å². The van der Waals surface area contributed by atoms with E-state index in [4.69, 9.17) is 0 Å². The summed E-state index contributed by atoms with van der Waals surface area (Å²) >= 11 is 4.27. The van der Waals surface area contributed by atoms with Crippen molar-refractivity contribution in [1.29, 1.82) is 0 Å². The van der Waals surface area contributed by atoms with Crippen LogP contribution in [-0.4, -0.2) is 33.1 Å². The first-order valence-corrected chi connectivity index (χ1v) is 5.64. The SMILES string of the molecule is OC1(Cc2ccccn2)CCN(S)CC1. The smallest absolute Gasteiger partial charge is 0.0728 e. The standard InChI is InChI=1S/C11H16N2OS/c14-11(4-7-13(15)8-5-11)9-10-3-1-2-6-12-10/h1-3,6,14-15H,4-5,7-9H2. The van der Waals surface area contributed by atoms with Crippen molar-refractivity contribution in [3.8, 4) is 0 Å². The predicted molar refractivity (Wildman–Crippen MR) is 62.7 cm³/mol. The van der Waals surface area contributed by atoms with Crippen molar-refractivity contribution in [3.63, 3.8) is 0 Å². The Morgan fingerprint density at radius 2 is 2.13 bits per heavy atom. The fraction of sp³-hybridized carbons (Fsp3) is 0.545. The molecule has 0 saturated carbocycles. The molecule has 0 aliphatic carbocycles. The molecule has 1 saturated heterocycles. The van der Waals surface area contributed by atoms with Gasteiger partial charge >= 0.3 is 0 Å². The van der Waals surface area contributed by atoms with Crippen LogP contribution >= 0.6 is 12.8 Å². The summed E-state index contributed by atoms with van der Waals surface area (Å²) in [5.41, 5.74) is 0.376. The number of aromatic nitrogens is 1. The number of aliphatic hydroxyl groups is 1. The summed E-state index contributed by atoms with van der Waals surface area (Å²) in [5.74, 6) is 0. The molecule has 0 bridgehead atoms. The predicted octanol–water partition coefficient (Wildman–Crippen LogP) is 1.30. The van der Waals surface area contributed by atoms with E-state index in [0.29, 0.717) is 6.42 Å². The van der Waals surface area contributed by atoms with E-state index in [9.17, 15) is 5.11 Å². The van der Waals surface area contributed by atoms with Crippen LogP contribution in [0.5, 0.6) is 0 Å². The Balaban J connectivity index is 1.99. The highest BCUT2D eigenvalue weighted by Crippen LogP contribution is 2.26. The Hall–Kier alpha value is -0.580. The molecule has 0 spiro atoms. The van der Waals surface area contributed by atoms with Crippen LogP contribution in [0.1, 0.15) is 18.5 Å². The van der Waals surface area contributed by atoms with Gasteiger partial charge in [-0.1, -0.05) is 18.9 Å². The molecule has 1 N–H and O–H groups in total. The largest absolute Gasteiger partial charge is 0.389 e. The molecule has 1 fully saturated rings. The van der Waals surface area contributed by atoms with Gasteiger partial charge in [-0.2, -0.15) is 0 Å². The van der Waals surface area contributed by atoms with E-state index in [0.717, 1.165) is 31.6 Å². The first-order chi connectivity index (χ1) is 7.18. The second kappa shape index (κ2) is 4.51. The van der Waals surface area contributed by atoms with Gasteiger partial charge in [0.2, 0.25) is 0 Å².